The van der Waals surface area contributed by atoms with Crippen LogP contribution in [0.3, 0.4) is 0 Å². The summed E-state index contributed by atoms with van der Waals surface area (Å²) in [5.74, 6) is 0.965. The lowest BCUT2D eigenvalue weighted by Crippen LogP contribution is -2.52. The average molecular weight is 345 g/mol. The number of carbonyl (C=O) groups is 1. The number of aromatic nitrogens is 1. The van der Waals surface area contributed by atoms with Gasteiger partial charge in [0.15, 0.2) is 0 Å². The summed E-state index contributed by atoms with van der Waals surface area (Å²) in [7, 11) is 0. The van der Waals surface area contributed by atoms with Gasteiger partial charge >= 0.3 is 6.03 Å². The van der Waals surface area contributed by atoms with Crippen LogP contribution in [0.2, 0.25) is 5.02 Å². The summed E-state index contributed by atoms with van der Waals surface area (Å²) in [5, 5.41) is 3.75. The highest BCUT2D eigenvalue weighted by Gasteiger charge is 2.22. The van der Waals surface area contributed by atoms with Gasteiger partial charge in [-0.3, -0.25) is 0 Å². The van der Waals surface area contributed by atoms with Crippen LogP contribution in [0.4, 0.5) is 10.6 Å². The summed E-state index contributed by atoms with van der Waals surface area (Å²) in [5.41, 5.74) is 1.04. The Morgan fingerprint density at radius 3 is 2.46 bits per heavy atom. The van der Waals surface area contributed by atoms with E-state index in [0.29, 0.717) is 18.1 Å². The monoisotopic (exact) mass is 344 g/mol. The normalized spacial score (nSPS) is 15.9. The van der Waals surface area contributed by atoms with Gasteiger partial charge in [0.1, 0.15) is 5.82 Å². The summed E-state index contributed by atoms with van der Waals surface area (Å²) in [4.78, 5) is 20.9. The number of benzene rings is 1. The third-order valence-electron chi connectivity index (χ3n) is 4.25. The van der Waals surface area contributed by atoms with Crippen LogP contribution in [0, 0.1) is 0 Å². The molecule has 1 aromatic heterocycles. The van der Waals surface area contributed by atoms with E-state index in [1.165, 1.54) is 0 Å². The van der Waals surface area contributed by atoms with E-state index in [0.717, 1.165) is 24.5 Å². The third kappa shape index (κ3) is 3.97. The van der Waals surface area contributed by atoms with Gasteiger partial charge in [-0.2, -0.15) is 0 Å². The molecule has 1 N–H and O–H groups in total. The summed E-state index contributed by atoms with van der Waals surface area (Å²) < 4.78 is 0. The molecule has 2 heterocycles. The van der Waals surface area contributed by atoms with Crippen molar-refractivity contribution in [1.29, 1.82) is 0 Å². The van der Waals surface area contributed by atoms with Gasteiger partial charge in [0.2, 0.25) is 0 Å². The Hall–Kier alpha value is -2.27. The van der Waals surface area contributed by atoms with Crippen LogP contribution >= 0.6 is 11.6 Å². The maximum atomic E-state index is 12.4. The maximum Gasteiger partial charge on any atom is 0.317 e. The number of hydrogen-bond donors (Lipinski definition) is 1. The van der Waals surface area contributed by atoms with Gasteiger partial charge in [-0.1, -0.05) is 29.8 Å². The summed E-state index contributed by atoms with van der Waals surface area (Å²) >= 11 is 5.90. The number of halogens is 1. The number of pyridine rings is 1. The molecule has 0 bridgehead atoms. The van der Waals surface area contributed by atoms with E-state index in [1.54, 1.807) is 6.20 Å². The maximum absolute atomic E-state index is 12.4. The van der Waals surface area contributed by atoms with Crippen LogP contribution in [0.25, 0.3) is 0 Å². The molecule has 1 fully saturated rings. The fourth-order valence-electron chi connectivity index (χ4n) is 2.79. The number of nitrogens with one attached hydrogen (secondary N) is 1. The smallest absolute Gasteiger partial charge is 0.317 e. The van der Waals surface area contributed by atoms with Crippen LogP contribution in [0.5, 0.6) is 0 Å². The lowest BCUT2D eigenvalue weighted by Gasteiger charge is -2.35. The standard InChI is InChI=1S/C18H21ClN4O/c1-14(15-5-7-16(19)8-6-15)21-18(24)23-12-10-22(11-13-23)17-4-2-3-9-20-17/h2-9,14H,10-13H2,1H3,(H,21,24). The molecule has 0 spiro atoms. The zero-order valence-electron chi connectivity index (χ0n) is 13.7. The largest absolute Gasteiger partial charge is 0.353 e. The zero-order valence-corrected chi connectivity index (χ0v) is 14.4. The summed E-state index contributed by atoms with van der Waals surface area (Å²) in [6, 6.07) is 13.4. The summed E-state index contributed by atoms with van der Waals surface area (Å²) in [6.07, 6.45) is 1.79. The summed E-state index contributed by atoms with van der Waals surface area (Å²) in [6.45, 7) is 4.94. The lowest BCUT2D eigenvalue weighted by molar-refractivity contribution is 0.191. The predicted molar refractivity (Wildman–Crippen MR) is 96.4 cm³/mol. The molecular formula is C18H21ClN4O. The first kappa shape index (κ1) is 16.6. The Labute approximate surface area is 147 Å². The Bertz CT molecular complexity index is 669. The van der Waals surface area contributed by atoms with E-state index < -0.39 is 0 Å². The molecule has 0 saturated carbocycles. The average Bonchev–Trinajstić information content (AvgIpc) is 2.63. The molecule has 1 atom stereocenters. The van der Waals surface area contributed by atoms with E-state index in [-0.39, 0.29) is 12.1 Å². The number of amides is 2. The zero-order chi connectivity index (χ0) is 16.9. The van der Waals surface area contributed by atoms with Gasteiger partial charge in [0, 0.05) is 37.4 Å². The van der Waals surface area contributed by atoms with E-state index in [1.807, 2.05) is 54.3 Å². The minimum absolute atomic E-state index is 0.0295. The highest BCUT2D eigenvalue weighted by atomic mass is 35.5. The van der Waals surface area contributed by atoms with E-state index in [2.05, 4.69) is 15.2 Å². The molecule has 24 heavy (non-hydrogen) atoms. The third-order valence-corrected chi connectivity index (χ3v) is 4.50. The molecule has 3 rings (SSSR count). The Kier molecular flexibility index (Phi) is 5.20. The first-order valence-corrected chi connectivity index (χ1v) is 8.48. The van der Waals surface area contributed by atoms with Crippen molar-refractivity contribution in [2.75, 3.05) is 31.1 Å². The van der Waals surface area contributed by atoms with Crippen molar-refractivity contribution < 1.29 is 4.79 Å². The molecule has 5 nitrogen and oxygen atoms in total. The van der Waals surface area contributed by atoms with Crippen molar-refractivity contribution in [1.82, 2.24) is 15.2 Å². The van der Waals surface area contributed by atoms with Gasteiger partial charge in [-0.05, 0) is 36.8 Å². The molecule has 0 aliphatic carbocycles. The van der Waals surface area contributed by atoms with Crippen LogP contribution in [-0.2, 0) is 0 Å². The van der Waals surface area contributed by atoms with Crippen LogP contribution in [-0.4, -0.2) is 42.1 Å². The SMILES string of the molecule is CC(NC(=O)N1CCN(c2ccccn2)CC1)c1ccc(Cl)cc1. The fourth-order valence-corrected chi connectivity index (χ4v) is 2.92. The Morgan fingerprint density at radius 1 is 1.12 bits per heavy atom. The molecule has 1 aliphatic heterocycles. The first-order chi connectivity index (χ1) is 11.6. The lowest BCUT2D eigenvalue weighted by atomic mass is 10.1. The second-order valence-corrected chi connectivity index (χ2v) is 6.32. The van der Waals surface area contributed by atoms with Gasteiger partial charge in [0.25, 0.3) is 0 Å². The van der Waals surface area contributed by atoms with E-state index in [4.69, 9.17) is 11.6 Å². The Morgan fingerprint density at radius 2 is 1.83 bits per heavy atom. The van der Waals surface area contributed by atoms with Crippen LogP contribution in [0.15, 0.2) is 48.7 Å². The topological polar surface area (TPSA) is 48.5 Å². The van der Waals surface area contributed by atoms with Crippen molar-refractivity contribution in [3.8, 4) is 0 Å². The van der Waals surface area contributed by atoms with Crippen LogP contribution in [0.1, 0.15) is 18.5 Å². The minimum Gasteiger partial charge on any atom is -0.353 e. The number of hydrogen-bond acceptors (Lipinski definition) is 3. The molecule has 2 aromatic rings. The number of carbonyl (C=O) groups excluding carboxylic acids is 1. The van der Waals surface area contributed by atoms with Gasteiger partial charge in [-0.25, -0.2) is 9.78 Å². The number of piperazine rings is 1. The van der Waals surface area contributed by atoms with Gasteiger partial charge in [0.05, 0.1) is 6.04 Å². The van der Waals surface area contributed by atoms with Crippen molar-refractivity contribution in [3.63, 3.8) is 0 Å². The van der Waals surface area contributed by atoms with E-state index >= 15 is 0 Å². The number of anilines is 1. The Balaban J connectivity index is 1.52. The molecule has 0 radical (unpaired) electrons. The molecule has 2 amide bonds. The number of rotatable bonds is 3. The van der Waals surface area contributed by atoms with Crippen molar-refractivity contribution in [3.05, 3.63) is 59.2 Å². The predicted octanol–water partition coefficient (Wildman–Crippen LogP) is 3.33. The van der Waals surface area contributed by atoms with Crippen LogP contribution < -0.4 is 10.2 Å². The molecule has 6 heteroatoms. The second-order valence-electron chi connectivity index (χ2n) is 5.88. The highest BCUT2D eigenvalue weighted by Crippen LogP contribution is 2.17. The minimum atomic E-state index is -0.0522. The fraction of sp³-hybridized carbons (Fsp3) is 0.333. The number of nitrogens with zero attached hydrogens (tertiary/aromatic N) is 3. The van der Waals surface area contributed by atoms with Crippen molar-refractivity contribution >= 4 is 23.4 Å². The van der Waals surface area contributed by atoms with E-state index in [9.17, 15) is 4.79 Å². The first-order valence-electron chi connectivity index (χ1n) is 8.10. The quantitative estimate of drug-likeness (QED) is 0.929. The molecule has 126 valence electrons. The highest BCUT2D eigenvalue weighted by molar-refractivity contribution is 6.30. The second kappa shape index (κ2) is 7.53. The number of urea groups is 1. The molecule has 1 saturated heterocycles. The van der Waals surface area contributed by atoms with Gasteiger partial charge in [-0.15, -0.1) is 0 Å². The molecular weight excluding hydrogens is 324 g/mol. The van der Waals surface area contributed by atoms with Crippen molar-refractivity contribution in [2.24, 2.45) is 0 Å². The van der Waals surface area contributed by atoms with Gasteiger partial charge < -0.3 is 15.1 Å². The molecule has 1 aliphatic rings. The molecule has 1 unspecified atom stereocenters. The molecule has 1 aromatic carbocycles. The van der Waals surface area contributed by atoms with Crippen molar-refractivity contribution in [2.45, 2.75) is 13.0 Å².